The monoisotopic (exact) mass is 369 g/mol. The number of hydrogen-bond donors (Lipinski definition) is 1. The highest BCUT2D eigenvalue weighted by Gasteiger charge is 2.73. The molecule has 10 heteroatoms. The Kier molecular flexibility index (Phi) is 4.19. The molecular formula is C10H7BrF7NO. The first-order chi connectivity index (χ1) is 8.86. The first-order valence-electron chi connectivity index (χ1n) is 4.82. The second-order valence-corrected chi connectivity index (χ2v) is 4.58. The highest BCUT2D eigenvalue weighted by atomic mass is 79.9. The fourth-order valence-electron chi connectivity index (χ4n) is 1.45. The number of halogens is 8. The van der Waals surface area contributed by atoms with Crippen LogP contribution >= 0.6 is 15.9 Å². The number of ether oxygens (including phenoxy) is 1. The van der Waals surface area contributed by atoms with Crippen LogP contribution in [0.5, 0.6) is 5.75 Å². The van der Waals surface area contributed by atoms with Crippen LogP contribution in [-0.4, -0.2) is 19.5 Å². The molecule has 1 aromatic rings. The minimum Gasteiger partial charge on any atom is -0.495 e. The highest BCUT2D eigenvalue weighted by molar-refractivity contribution is 9.10. The van der Waals surface area contributed by atoms with Crippen LogP contribution in [0.15, 0.2) is 16.6 Å². The fourth-order valence-corrected chi connectivity index (χ4v) is 1.89. The van der Waals surface area contributed by atoms with E-state index in [0.717, 1.165) is 7.11 Å². The van der Waals surface area contributed by atoms with E-state index in [1.807, 2.05) is 0 Å². The summed E-state index contributed by atoms with van der Waals surface area (Å²) in [6.45, 7) is 0. The van der Waals surface area contributed by atoms with Crippen molar-refractivity contribution in [3.8, 4) is 5.75 Å². The Hall–Kier alpha value is -1.19. The molecule has 2 nitrogen and oxygen atoms in total. The summed E-state index contributed by atoms with van der Waals surface area (Å²) in [5.74, 6) is -0.509. The van der Waals surface area contributed by atoms with Crippen LogP contribution in [0, 0.1) is 0 Å². The lowest BCUT2D eigenvalue weighted by Gasteiger charge is -2.30. The number of methoxy groups -OCH3 is 1. The largest absolute Gasteiger partial charge is 0.495 e. The Morgan fingerprint density at radius 2 is 1.45 bits per heavy atom. The van der Waals surface area contributed by atoms with Crippen LogP contribution < -0.4 is 10.5 Å². The maximum absolute atomic E-state index is 13.8. The van der Waals surface area contributed by atoms with Gasteiger partial charge in [-0.15, -0.1) is 0 Å². The molecule has 1 aromatic carbocycles. The Balaban J connectivity index is 3.65. The molecule has 0 unspecified atom stereocenters. The summed E-state index contributed by atoms with van der Waals surface area (Å²) in [7, 11) is 0.975. The molecule has 0 atom stereocenters. The van der Waals surface area contributed by atoms with Crippen LogP contribution in [0.3, 0.4) is 0 Å². The second kappa shape index (κ2) is 4.97. The molecule has 0 fully saturated rings. The van der Waals surface area contributed by atoms with Gasteiger partial charge >= 0.3 is 18.0 Å². The van der Waals surface area contributed by atoms with Crippen molar-refractivity contribution in [2.45, 2.75) is 18.0 Å². The molecule has 0 saturated carbocycles. The quantitative estimate of drug-likeness (QED) is 0.622. The van der Waals surface area contributed by atoms with Gasteiger partial charge < -0.3 is 10.5 Å². The van der Waals surface area contributed by atoms with Crippen molar-refractivity contribution in [1.29, 1.82) is 0 Å². The van der Waals surface area contributed by atoms with Gasteiger partial charge in [-0.1, -0.05) is 0 Å². The fraction of sp³-hybridized carbons (Fsp3) is 0.400. The zero-order chi connectivity index (χ0) is 15.9. The summed E-state index contributed by atoms with van der Waals surface area (Å²) in [4.78, 5) is 0. The Morgan fingerprint density at radius 3 is 1.80 bits per heavy atom. The lowest BCUT2D eigenvalue weighted by molar-refractivity contribution is -0.348. The lowest BCUT2D eigenvalue weighted by Crippen LogP contribution is -2.50. The van der Waals surface area contributed by atoms with Gasteiger partial charge in [0.15, 0.2) is 0 Å². The number of benzene rings is 1. The first kappa shape index (κ1) is 16.9. The van der Waals surface area contributed by atoms with Gasteiger partial charge in [0.25, 0.3) is 0 Å². The van der Waals surface area contributed by atoms with Crippen LogP contribution in [0.4, 0.5) is 36.4 Å². The van der Waals surface area contributed by atoms with Gasteiger partial charge in [0, 0.05) is 10.0 Å². The summed E-state index contributed by atoms with van der Waals surface area (Å²) in [6.07, 6.45) is -12.4. The van der Waals surface area contributed by atoms with Crippen LogP contribution in [0.1, 0.15) is 5.56 Å². The summed E-state index contributed by atoms with van der Waals surface area (Å²) >= 11 is 2.66. The lowest BCUT2D eigenvalue weighted by atomic mass is 9.93. The van der Waals surface area contributed by atoms with Crippen molar-refractivity contribution >= 4 is 21.6 Å². The molecular weight excluding hydrogens is 363 g/mol. The molecule has 0 aromatic heterocycles. The second-order valence-electron chi connectivity index (χ2n) is 3.73. The van der Waals surface area contributed by atoms with E-state index in [1.54, 1.807) is 0 Å². The van der Waals surface area contributed by atoms with Gasteiger partial charge in [0.05, 0.1) is 12.8 Å². The van der Waals surface area contributed by atoms with Gasteiger partial charge in [-0.25, -0.2) is 4.39 Å². The summed E-state index contributed by atoms with van der Waals surface area (Å²) < 4.78 is 93.4. The molecule has 0 spiro atoms. The third-order valence-corrected chi connectivity index (χ3v) is 3.15. The molecule has 0 aliphatic rings. The number of nitrogen functional groups attached to an aromatic ring is 1. The van der Waals surface area contributed by atoms with Crippen molar-refractivity contribution in [1.82, 2.24) is 0 Å². The minimum absolute atomic E-state index is 0.247. The molecule has 0 amide bonds. The van der Waals surface area contributed by atoms with Crippen molar-refractivity contribution in [3.05, 3.63) is 22.2 Å². The third-order valence-electron chi connectivity index (χ3n) is 2.49. The molecule has 0 aliphatic heterocycles. The Bertz CT molecular complexity index is 498. The van der Waals surface area contributed by atoms with E-state index in [2.05, 4.69) is 20.7 Å². The van der Waals surface area contributed by atoms with Crippen LogP contribution in [0.2, 0.25) is 0 Å². The van der Waals surface area contributed by atoms with Gasteiger partial charge in [0.1, 0.15) is 5.75 Å². The van der Waals surface area contributed by atoms with E-state index < -0.39 is 29.3 Å². The highest BCUT2D eigenvalue weighted by Crippen LogP contribution is 2.54. The Morgan fingerprint density at radius 1 is 1.00 bits per heavy atom. The van der Waals surface area contributed by atoms with Gasteiger partial charge in [-0.2, -0.15) is 26.3 Å². The minimum atomic E-state index is -6.19. The van der Waals surface area contributed by atoms with Gasteiger partial charge in [-0.05, 0) is 28.1 Å². The molecule has 0 heterocycles. The number of hydrogen-bond acceptors (Lipinski definition) is 2. The number of alkyl halides is 7. The predicted octanol–water partition coefficient (Wildman–Crippen LogP) is 4.33. The maximum Gasteiger partial charge on any atom is 0.435 e. The third kappa shape index (κ3) is 2.52. The van der Waals surface area contributed by atoms with Crippen LogP contribution in [-0.2, 0) is 5.67 Å². The summed E-state index contributed by atoms with van der Waals surface area (Å²) in [5, 5.41) is 0. The van der Waals surface area contributed by atoms with Crippen molar-refractivity contribution in [3.63, 3.8) is 0 Å². The zero-order valence-electron chi connectivity index (χ0n) is 9.66. The molecule has 1 rings (SSSR count). The summed E-state index contributed by atoms with van der Waals surface area (Å²) in [5.41, 5.74) is -2.08. The van der Waals surface area contributed by atoms with Gasteiger partial charge in [-0.3, -0.25) is 0 Å². The van der Waals surface area contributed by atoms with E-state index in [1.165, 1.54) is 0 Å². The molecule has 0 radical (unpaired) electrons. The zero-order valence-corrected chi connectivity index (χ0v) is 11.3. The van der Waals surface area contributed by atoms with Crippen molar-refractivity contribution in [2.24, 2.45) is 0 Å². The van der Waals surface area contributed by atoms with E-state index in [-0.39, 0.29) is 16.2 Å². The van der Waals surface area contributed by atoms with Gasteiger partial charge in [0.2, 0.25) is 0 Å². The molecule has 20 heavy (non-hydrogen) atoms. The van der Waals surface area contributed by atoms with E-state index in [0.29, 0.717) is 6.07 Å². The number of nitrogens with two attached hydrogens (primary N) is 1. The van der Waals surface area contributed by atoms with Crippen molar-refractivity contribution in [2.75, 3.05) is 12.8 Å². The average Bonchev–Trinajstić information content (AvgIpc) is 2.28. The summed E-state index contributed by atoms with van der Waals surface area (Å²) in [6, 6.07) is 0.583. The SMILES string of the molecule is COc1cc(C(F)(C(F)(F)F)C(F)(F)F)cc(Br)c1N. The normalized spacial score (nSPS) is 13.4. The number of anilines is 1. The molecule has 0 aliphatic carbocycles. The molecule has 2 N–H and O–H groups in total. The standard InChI is InChI=1S/C10H7BrF7NO/c1-20-6-3-4(2-5(11)7(6)19)8(12,9(13,14)15)10(16,17)18/h2-3H,19H2,1H3. The van der Waals surface area contributed by atoms with Crippen molar-refractivity contribution < 1.29 is 35.5 Å². The molecule has 0 bridgehead atoms. The molecule has 0 saturated heterocycles. The Labute approximate surface area is 116 Å². The number of rotatable bonds is 2. The van der Waals surface area contributed by atoms with E-state index in [9.17, 15) is 30.7 Å². The van der Waals surface area contributed by atoms with Crippen LogP contribution in [0.25, 0.3) is 0 Å². The predicted molar refractivity (Wildman–Crippen MR) is 60.0 cm³/mol. The smallest absolute Gasteiger partial charge is 0.435 e. The van der Waals surface area contributed by atoms with E-state index >= 15 is 0 Å². The van der Waals surface area contributed by atoms with E-state index in [4.69, 9.17) is 5.73 Å². The first-order valence-corrected chi connectivity index (χ1v) is 5.61. The average molecular weight is 370 g/mol. The molecule has 114 valence electrons. The topological polar surface area (TPSA) is 35.2 Å². The maximum atomic E-state index is 13.8.